The first kappa shape index (κ1) is 18.4. The van der Waals surface area contributed by atoms with Gasteiger partial charge < -0.3 is 9.88 Å². The maximum atomic E-state index is 13.7. The number of amides is 1. The van der Waals surface area contributed by atoms with Gasteiger partial charge in [0.15, 0.2) is 11.6 Å². The van der Waals surface area contributed by atoms with Crippen LogP contribution < -0.4 is 0 Å². The molecule has 1 aliphatic heterocycles. The Kier molecular flexibility index (Phi) is 4.33. The minimum atomic E-state index is -1.02. The van der Waals surface area contributed by atoms with E-state index in [9.17, 15) is 13.6 Å². The van der Waals surface area contributed by atoms with Crippen molar-refractivity contribution < 1.29 is 13.6 Å². The second-order valence-electron chi connectivity index (χ2n) is 7.87. The Bertz CT molecular complexity index is 1110. The van der Waals surface area contributed by atoms with Gasteiger partial charge in [0.05, 0.1) is 0 Å². The lowest BCUT2D eigenvalue weighted by atomic mass is 9.81. The van der Waals surface area contributed by atoms with Crippen LogP contribution in [0, 0.1) is 11.6 Å². The molecular weight excluding hydrogens is 358 g/mol. The minimum Gasteiger partial charge on any atom is -0.354 e. The molecule has 0 spiro atoms. The highest BCUT2D eigenvalue weighted by atomic mass is 19.2. The Morgan fingerprint density at radius 3 is 2.61 bits per heavy atom. The Hall–Kier alpha value is -2.95. The molecule has 2 heterocycles. The van der Waals surface area contributed by atoms with E-state index >= 15 is 0 Å². The minimum absolute atomic E-state index is 0.136. The first-order valence-corrected chi connectivity index (χ1v) is 9.40. The molecule has 0 saturated heterocycles. The van der Waals surface area contributed by atoms with Crippen LogP contribution in [0.1, 0.15) is 48.8 Å². The number of carbonyl (C=O) groups is 1. The largest absolute Gasteiger partial charge is 0.354 e. The summed E-state index contributed by atoms with van der Waals surface area (Å²) in [5.74, 6) is -2.32. The van der Waals surface area contributed by atoms with Gasteiger partial charge in [0, 0.05) is 40.3 Å². The summed E-state index contributed by atoms with van der Waals surface area (Å²) in [6.45, 7) is 6.68. The predicted molar refractivity (Wildman–Crippen MR) is 107 cm³/mol. The fourth-order valence-corrected chi connectivity index (χ4v) is 4.08. The lowest BCUT2D eigenvalue weighted by Gasteiger charge is -2.29. The molecule has 0 unspecified atom stereocenters. The molecule has 3 nitrogen and oxygen atoms in total. The number of rotatable bonds is 2. The third-order valence-corrected chi connectivity index (χ3v) is 5.39. The van der Waals surface area contributed by atoms with Crippen LogP contribution in [0.5, 0.6) is 0 Å². The van der Waals surface area contributed by atoms with Gasteiger partial charge in [-0.1, -0.05) is 39.0 Å². The zero-order chi connectivity index (χ0) is 20.1. The molecule has 0 bridgehead atoms. The molecule has 1 aromatic heterocycles. The van der Waals surface area contributed by atoms with E-state index in [1.807, 2.05) is 25.3 Å². The second-order valence-corrected chi connectivity index (χ2v) is 7.87. The number of benzene rings is 2. The number of para-hydroxylation sites is 1. The summed E-state index contributed by atoms with van der Waals surface area (Å²) in [6.07, 6.45) is 2.57. The Morgan fingerprint density at radius 2 is 1.89 bits per heavy atom. The number of hydrogen-bond acceptors (Lipinski definition) is 1. The summed E-state index contributed by atoms with van der Waals surface area (Å²) in [5.41, 5.74) is 4.09. The first-order valence-electron chi connectivity index (χ1n) is 9.40. The highest BCUT2D eigenvalue weighted by Crippen LogP contribution is 2.40. The van der Waals surface area contributed by atoms with Crippen LogP contribution in [-0.4, -0.2) is 22.3 Å². The molecule has 0 atom stereocenters. The molecule has 0 aliphatic carbocycles. The van der Waals surface area contributed by atoms with Gasteiger partial charge >= 0.3 is 0 Å². The van der Waals surface area contributed by atoms with Gasteiger partial charge in [-0.05, 0) is 41.8 Å². The molecular formula is C23H22F2N2O. The monoisotopic (exact) mass is 380 g/mol. The average molecular weight is 380 g/mol. The molecule has 4 rings (SSSR count). The van der Waals surface area contributed by atoms with Crippen LogP contribution in [0.15, 0.2) is 48.7 Å². The van der Waals surface area contributed by atoms with Crippen LogP contribution in [0.2, 0.25) is 0 Å². The lowest BCUT2D eigenvalue weighted by molar-refractivity contribution is 0.0800. The van der Waals surface area contributed by atoms with Gasteiger partial charge in [-0.15, -0.1) is 0 Å². The third-order valence-electron chi connectivity index (χ3n) is 5.39. The lowest BCUT2D eigenvalue weighted by Crippen LogP contribution is -2.37. The first-order chi connectivity index (χ1) is 13.3. The molecule has 1 amide bonds. The van der Waals surface area contributed by atoms with Crippen molar-refractivity contribution in [2.45, 2.75) is 32.6 Å². The van der Waals surface area contributed by atoms with Crippen LogP contribution in [0.4, 0.5) is 8.78 Å². The van der Waals surface area contributed by atoms with Crippen LogP contribution in [0.3, 0.4) is 0 Å². The van der Waals surface area contributed by atoms with E-state index in [2.05, 4.69) is 31.0 Å². The molecule has 1 N–H and O–H groups in total. The normalized spacial score (nSPS) is 15.9. The molecule has 0 radical (unpaired) electrons. The van der Waals surface area contributed by atoms with Crippen molar-refractivity contribution in [2.24, 2.45) is 0 Å². The van der Waals surface area contributed by atoms with Crippen molar-refractivity contribution in [1.82, 2.24) is 9.88 Å². The number of aromatic amines is 1. The van der Waals surface area contributed by atoms with Gasteiger partial charge in [0.1, 0.15) is 0 Å². The summed E-state index contributed by atoms with van der Waals surface area (Å²) in [7, 11) is 0. The number of aromatic nitrogens is 1. The summed E-state index contributed by atoms with van der Waals surface area (Å²) in [5, 5.41) is 1.14. The smallest absolute Gasteiger partial charge is 0.257 e. The van der Waals surface area contributed by atoms with Gasteiger partial charge in [0.25, 0.3) is 5.91 Å². The number of nitrogens with one attached hydrogen (secondary N) is 1. The SMILES string of the molecule is CCC1=CN(C(=O)c2ccc(F)c(F)c2)CC(C)(C)c2c1[nH]c1ccccc21. The van der Waals surface area contributed by atoms with Crippen molar-refractivity contribution in [1.29, 1.82) is 0 Å². The molecule has 144 valence electrons. The molecule has 5 heteroatoms. The molecule has 2 aromatic carbocycles. The second kappa shape index (κ2) is 6.59. The molecule has 0 saturated carbocycles. The van der Waals surface area contributed by atoms with Crippen LogP contribution in [0.25, 0.3) is 16.5 Å². The standard InChI is InChI=1S/C23H22F2N2O/c1-4-14-12-27(22(28)15-9-10-17(24)18(25)11-15)13-23(2,3)20-16-7-5-6-8-19(16)26-21(14)20/h5-12,26H,4,13H2,1-3H3. The zero-order valence-electron chi connectivity index (χ0n) is 16.1. The van der Waals surface area contributed by atoms with Gasteiger partial charge in [-0.3, -0.25) is 4.79 Å². The van der Waals surface area contributed by atoms with E-state index in [4.69, 9.17) is 0 Å². The average Bonchev–Trinajstić information content (AvgIpc) is 3.02. The topological polar surface area (TPSA) is 36.1 Å². The third kappa shape index (κ3) is 2.91. The van der Waals surface area contributed by atoms with E-state index in [0.29, 0.717) is 6.54 Å². The van der Waals surface area contributed by atoms with Crippen molar-refractivity contribution in [3.8, 4) is 0 Å². The van der Waals surface area contributed by atoms with Crippen LogP contribution >= 0.6 is 0 Å². The molecule has 28 heavy (non-hydrogen) atoms. The van der Waals surface area contributed by atoms with Gasteiger partial charge in [-0.2, -0.15) is 0 Å². The van der Waals surface area contributed by atoms with Crippen molar-refractivity contribution >= 4 is 22.4 Å². The van der Waals surface area contributed by atoms with Crippen molar-refractivity contribution in [3.05, 3.63) is 77.1 Å². The maximum Gasteiger partial charge on any atom is 0.257 e. The Morgan fingerprint density at radius 1 is 1.14 bits per heavy atom. The zero-order valence-corrected chi connectivity index (χ0v) is 16.1. The quantitative estimate of drug-likeness (QED) is 0.614. The number of halogens is 2. The number of H-pyrrole nitrogens is 1. The Balaban J connectivity index is 1.84. The highest BCUT2D eigenvalue weighted by Gasteiger charge is 2.35. The summed E-state index contributed by atoms with van der Waals surface area (Å²) in [4.78, 5) is 18.2. The molecule has 0 fully saturated rings. The number of allylic oxidation sites excluding steroid dienone is 1. The van der Waals surface area contributed by atoms with Crippen molar-refractivity contribution in [3.63, 3.8) is 0 Å². The van der Waals surface area contributed by atoms with E-state index < -0.39 is 11.6 Å². The van der Waals surface area contributed by atoms with Gasteiger partial charge in [-0.25, -0.2) is 8.78 Å². The summed E-state index contributed by atoms with van der Waals surface area (Å²) < 4.78 is 26.9. The fraction of sp³-hybridized carbons (Fsp3) is 0.261. The van der Waals surface area contributed by atoms with E-state index in [-0.39, 0.29) is 16.9 Å². The summed E-state index contributed by atoms with van der Waals surface area (Å²) >= 11 is 0. The summed E-state index contributed by atoms with van der Waals surface area (Å²) in [6, 6.07) is 11.4. The maximum absolute atomic E-state index is 13.7. The van der Waals surface area contributed by atoms with Gasteiger partial charge in [0.2, 0.25) is 0 Å². The number of fused-ring (bicyclic) bond motifs is 3. The molecule has 3 aromatic rings. The fourth-order valence-electron chi connectivity index (χ4n) is 4.08. The van der Waals surface area contributed by atoms with E-state index in [1.54, 1.807) is 4.90 Å². The molecule has 1 aliphatic rings. The number of hydrogen-bond donors (Lipinski definition) is 1. The Labute approximate surface area is 162 Å². The highest BCUT2D eigenvalue weighted by molar-refractivity contribution is 5.97. The number of carbonyl (C=O) groups excluding carboxylic acids is 1. The van der Waals surface area contributed by atoms with E-state index in [1.165, 1.54) is 11.6 Å². The van der Waals surface area contributed by atoms with Crippen molar-refractivity contribution in [2.75, 3.05) is 6.54 Å². The van der Waals surface area contributed by atoms with Crippen LogP contribution in [-0.2, 0) is 5.41 Å². The van der Waals surface area contributed by atoms with E-state index in [0.717, 1.165) is 40.7 Å². The number of nitrogens with zero attached hydrogens (tertiary/aromatic N) is 1. The predicted octanol–water partition coefficient (Wildman–Crippen LogP) is 5.63.